The molecule has 258 valence electrons. The number of hydrogen-bond donors (Lipinski definition) is 0. The van der Waals surface area contributed by atoms with Gasteiger partial charge in [-0.1, -0.05) is 158 Å². The van der Waals surface area contributed by atoms with Gasteiger partial charge in [-0.3, -0.25) is 0 Å². The van der Waals surface area contributed by atoms with Crippen molar-refractivity contribution < 1.29 is 0 Å². The predicted octanol–water partition coefficient (Wildman–Crippen LogP) is 13.0. The Morgan fingerprint density at radius 1 is 0.537 bits per heavy atom. The molecule has 0 bridgehead atoms. The summed E-state index contributed by atoms with van der Waals surface area (Å²) in [4.78, 5) is 7.76. The van der Waals surface area contributed by atoms with E-state index in [4.69, 9.17) is 4.98 Å². The lowest BCUT2D eigenvalue weighted by atomic mass is 9.90. The van der Waals surface area contributed by atoms with Gasteiger partial charge in [-0.2, -0.15) is 0 Å². The summed E-state index contributed by atoms with van der Waals surface area (Å²) in [7, 11) is 0. The molecule has 1 aliphatic heterocycles. The van der Waals surface area contributed by atoms with Crippen molar-refractivity contribution in [2.45, 2.75) is 18.8 Å². The number of nitrogens with zero attached hydrogens (tertiary/aromatic N) is 3. The van der Waals surface area contributed by atoms with Gasteiger partial charge in [0.25, 0.3) is 0 Å². The maximum atomic E-state index is 5.25. The summed E-state index contributed by atoms with van der Waals surface area (Å²) in [6.07, 6.45) is 11.0. The van der Waals surface area contributed by atoms with Crippen molar-refractivity contribution in [3.05, 3.63) is 205 Å². The van der Waals surface area contributed by atoms with E-state index in [1.165, 1.54) is 55.8 Å². The summed E-state index contributed by atoms with van der Waals surface area (Å²) in [5.41, 5.74) is 16.7. The van der Waals surface area contributed by atoms with Gasteiger partial charge in [0.2, 0.25) is 0 Å². The van der Waals surface area contributed by atoms with E-state index in [2.05, 4.69) is 204 Å². The van der Waals surface area contributed by atoms with Crippen LogP contribution >= 0.6 is 0 Å². The van der Waals surface area contributed by atoms with E-state index in [0.717, 1.165) is 47.6 Å². The molecule has 3 heterocycles. The van der Waals surface area contributed by atoms with Crippen LogP contribution in [0.3, 0.4) is 0 Å². The highest BCUT2D eigenvalue weighted by molar-refractivity contribution is 6.01. The van der Waals surface area contributed by atoms with Crippen LogP contribution in [0.2, 0.25) is 0 Å². The van der Waals surface area contributed by atoms with Crippen LogP contribution in [-0.4, -0.2) is 16.1 Å². The average molecular weight is 694 g/mol. The summed E-state index contributed by atoms with van der Waals surface area (Å²) in [5, 5.41) is 1.25. The highest BCUT2D eigenvalue weighted by Gasteiger charge is 2.27. The van der Waals surface area contributed by atoms with Gasteiger partial charge in [-0.25, -0.2) is 4.98 Å². The monoisotopic (exact) mass is 693 g/mol. The molecule has 1 aliphatic carbocycles. The normalized spacial score (nSPS) is 14.8. The molecule has 0 radical (unpaired) electrons. The topological polar surface area (TPSA) is 21.1 Å². The number of allylic oxidation sites excluding steroid dienone is 4. The fraction of sp³-hybridized carbons (Fsp3) is 0.0784. The molecule has 3 heteroatoms. The molecule has 10 rings (SSSR count). The maximum Gasteiger partial charge on any atom is 0.0730 e. The molecule has 2 aromatic heterocycles. The number of fused-ring (bicyclic) bond motifs is 4. The lowest BCUT2D eigenvalue weighted by Gasteiger charge is -2.26. The molecule has 54 heavy (non-hydrogen) atoms. The fourth-order valence-corrected chi connectivity index (χ4v) is 8.52. The Labute approximate surface area is 316 Å². The molecule has 1 unspecified atom stereocenters. The van der Waals surface area contributed by atoms with Crippen LogP contribution in [0.25, 0.3) is 61.4 Å². The molecule has 8 aromatic rings. The van der Waals surface area contributed by atoms with Gasteiger partial charge in [-0.15, -0.1) is 0 Å². The van der Waals surface area contributed by atoms with E-state index in [0.29, 0.717) is 0 Å². The van der Waals surface area contributed by atoms with Gasteiger partial charge in [0, 0.05) is 57.2 Å². The molecule has 6 aromatic carbocycles. The first-order valence-electron chi connectivity index (χ1n) is 19.0. The van der Waals surface area contributed by atoms with Crippen molar-refractivity contribution in [3.8, 4) is 50.5 Å². The minimum Gasteiger partial charge on any atom is -0.341 e. The van der Waals surface area contributed by atoms with Gasteiger partial charge in [0.05, 0.1) is 22.6 Å². The predicted molar refractivity (Wildman–Crippen MR) is 226 cm³/mol. The number of anilines is 2. The lowest BCUT2D eigenvalue weighted by Crippen LogP contribution is -2.19. The number of rotatable bonds is 6. The largest absolute Gasteiger partial charge is 0.341 e. The first-order chi connectivity index (χ1) is 26.8. The summed E-state index contributed by atoms with van der Waals surface area (Å²) in [6, 6.07) is 61.6. The van der Waals surface area contributed by atoms with Crippen molar-refractivity contribution in [2.24, 2.45) is 0 Å². The molecule has 0 fully saturated rings. The quantitative estimate of drug-likeness (QED) is 0.173. The fourth-order valence-electron chi connectivity index (χ4n) is 8.52. The molecule has 0 spiro atoms. The molecule has 2 aliphatic rings. The summed E-state index contributed by atoms with van der Waals surface area (Å²) >= 11 is 0. The van der Waals surface area contributed by atoms with Gasteiger partial charge in [-0.05, 0) is 65.9 Å². The number of aromatic nitrogens is 2. The Morgan fingerprint density at radius 2 is 1.20 bits per heavy atom. The standard InChI is InChI=1S/C51H39N3/c1-4-18-37(19-5-1)46-34-42(35-47(52-46)38-20-6-2-7-21-38)54-49-30-15-13-28-45(49)50(51(54)39-22-8-3-9-23-39)40-24-16-25-41(33-40)53-32-31-36-17-10-11-26-43(36)44-27-12-14-29-48(44)53/h1-22,24-30,33-35,39H,23,31-32H2. The minimum absolute atomic E-state index is 0.183. The van der Waals surface area contributed by atoms with E-state index < -0.39 is 0 Å². The summed E-state index contributed by atoms with van der Waals surface area (Å²) in [6.45, 7) is 0.907. The zero-order chi connectivity index (χ0) is 35.8. The molecule has 1 atom stereocenters. The van der Waals surface area contributed by atoms with Crippen LogP contribution in [0.1, 0.15) is 23.6 Å². The van der Waals surface area contributed by atoms with E-state index >= 15 is 0 Å². The number of para-hydroxylation sites is 2. The third-order valence-electron chi connectivity index (χ3n) is 11.0. The summed E-state index contributed by atoms with van der Waals surface area (Å²) < 4.78 is 2.52. The third-order valence-corrected chi connectivity index (χ3v) is 11.0. The molecule has 3 nitrogen and oxygen atoms in total. The molecule has 0 saturated carbocycles. The molecule has 0 saturated heterocycles. The maximum absolute atomic E-state index is 5.25. The van der Waals surface area contributed by atoms with Crippen LogP contribution in [0.15, 0.2) is 194 Å². The molecular formula is C51H39N3. The van der Waals surface area contributed by atoms with Crippen LogP contribution in [0.5, 0.6) is 0 Å². The minimum atomic E-state index is 0.183. The average Bonchev–Trinajstić information content (AvgIpc) is 3.51. The van der Waals surface area contributed by atoms with E-state index in [1.807, 2.05) is 0 Å². The van der Waals surface area contributed by atoms with Crippen LogP contribution in [-0.2, 0) is 6.42 Å². The molecule has 0 amide bonds. The van der Waals surface area contributed by atoms with Crippen LogP contribution < -0.4 is 4.90 Å². The smallest absolute Gasteiger partial charge is 0.0730 e. The second-order valence-electron chi connectivity index (χ2n) is 14.2. The Hall–Kier alpha value is -6.71. The molecular weight excluding hydrogens is 655 g/mol. The summed E-state index contributed by atoms with van der Waals surface area (Å²) in [5.74, 6) is 0.183. The van der Waals surface area contributed by atoms with E-state index in [9.17, 15) is 0 Å². The van der Waals surface area contributed by atoms with Crippen molar-refractivity contribution in [1.29, 1.82) is 0 Å². The van der Waals surface area contributed by atoms with Crippen molar-refractivity contribution in [3.63, 3.8) is 0 Å². The highest BCUT2D eigenvalue weighted by Crippen LogP contribution is 2.46. The third kappa shape index (κ3) is 5.66. The lowest BCUT2D eigenvalue weighted by molar-refractivity contribution is 0.794. The Balaban J connectivity index is 1.20. The second-order valence-corrected chi connectivity index (χ2v) is 14.2. The molecule has 0 N–H and O–H groups in total. The second kappa shape index (κ2) is 13.7. The Kier molecular flexibility index (Phi) is 8.11. The number of benzene rings is 6. The number of hydrogen-bond acceptors (Lipinski definition) is 2. The SMILES string of the molecule is C1=CCC(c2c(-c3cccc(N4CCc5ccccc5-c5ccccc54)c3)c3ccccc3n2-c2cc(-c3ccccc3)nc(-c3ccccc3)c2)C=C1. The zero-order valence-electron chi connectivity index (χ0n) is 30.0. The van der Waals surface area contributed by atoms with E-state index in [-0.39, 0.29) is 5.92 Å². The van der Waals surface area contributed by atoms with Crippen molar-refractivity contribution in [1.82, 2.24) is 9.55 Å². The van der Waals surface area contributed by atoms with Crippen molar-refractivity contribution in [2.75, 3.05) is 11.4 Å². The zero-order valence-corrected chi connectivity index (χ0v) is 30.0. The first-order valence-corrected chi connectivity index (χ1v) is 19.0. The van der Waals surface area contributed by atoms with E-state index in [1.54, 1.807) is 0 Å². The van der Waals surface area contributed by atoms with Crippen LogP contribution in [0, 0.1) is 0 Å². The van der Waals surface area contributed by atoms with Crippen LogP contribution in [0.4, 0.5) is 11.4 Å². The first kappa shape index (κ1) is 32.0. The highest BCUT2D eigenvalue weighted by atomic mass is 15.1. The van der Waals surface area contributed by atoms with Gasteiger partial charge in [0.1, 0.15) is 0 Å². The van der Waals surface area contributed by atoms with Crippen molar-refractivity contribution >= 4 is 22.3 Å². The van der Waals surface area contributed by atoms with Gasteiger partial charge < -0.3 is 9.47 Å². The number of pyridine rings is 1. The van der Waals surface area contributed by atoms with Gasteiger partial charge in [0.15, 0.2) is 0 Å². The Bertz CT molecular complexity index is 2640. The Morgan fingerprint density at radius 3 is 1.96 bits per heavy atom. The van der Waals surface area contributed by atoms with Gasteiger partial charge >= 0.3 is 0 Å².